The Bertz CT molecular complexity index is 1250. The molecule has 2 aliphatic heterocycles. The van der Waals surface area contributed by atoms with Gasteiger partial charge in [-0.15, -0.1) is 5.10 Å². The van der Waals surface area contributed by atoms with Crippen molar-refractivity contribution in [2.24, 2.45) is 5.92 Å². The van der Waals surface area contributed by atoms with Crippen LogP contribution in [0.4, 0.5) is 10.1 Å². The van der Waals surface area contributed by atoms with Crippen LogP contribution in [-0.2, 0) is 22.7 Å². The molecule has 3 aromatic rings. The van der Waals surface area contributed by atoms with E-state index in [1.807, 2.05) is 31.2 Å². The number of anilines is 1. The first-order valence-corrected chi connectivity index (χ1v) is 11.9. The number of benzene rings is 2. The third-order valence-corrected chi connectivity index (χ3v) is 6.88. The first-order valence-electron chi connectivity index (χ1n) is 11.5. The normalized spacial score (nSPS) is 18.3. The molecule has 1 saturated heterocycles. The number of aromatic nitrogens is 3. The lowest BCUT2D eigenvalue weighted by Crippen LogP contribution is -2.42. The number of piperidine rings is 1. The molecule has 1 N–H and O–H groups in total. The Morgan fingerprint density at radius 2 is 1.89 bits per heavy atom. The van der Waals surface area contributed by atoms with Crippen molar-refractivity contribution in [2.75, 3.05) is 18.4 Å². The van der Waals surface area contributed by atoms with Crippen molar-refractivity contribution in [1.82, 2.24) is 19.9 Å². The molecular weight excluding hydrogens is 473 g/mol. The van der Waals surface area contributed by atoms with E-state index in [0.29, 0.717) is 49.6 Å². The van der Waals surface area contributed by atoms with Gasteiger partial charge in [0, 0.05) is 24.7 Å². The van der Waals surface area contributed by atoms with Crippen molar-refractivity contribution in [2.45, 2.75) is 39.0 Å². The van der Waals surface area contributed by atoms with Gasteiger partial charge in [0.15, 0.2) is 5.69 Å². The third-order valence-electron chi connectivity index (χ3n) is 6.59. The van der Waals surface area contributed by atoms with Crippen LogP contribution in [0.25, 0.3) is 0 Å². The number of likely N-dealkylation sites (tertiary alicyclic amines) is 1. The standard InChI is InChI=1S/C25H25ClFN5O3/c1-15-2-4-16(5-3-15)22-13-32-21(14-35-22)23(29-30-32)25(34)31-10-8-17(9-11-31)24(33)28-18-6-7-20(27)19(26)12-18/h2-7,12,17,22H,8-11,13-14H2,1H3,(H,28,33)/t22-/m0/s1. The van der Waals surface area contributed by atoms with Crippen molar-refractivity contribution < 1.29 is 18.7 Å². The highest BCUT2D eigenvalue weighted by molar-refractivity contribution is 6.31. The Balaban J connectivity index is 1.18. The van der Waals surface area contributed by atoms with Gasteiger partial charge >= 0.3 is 0 Å². The van der Waals surface area contributed by atoms with Gasteiger partial charge < -0.3 is 15.0 Å². The Morgan fingerprint density at radius 3 is 2.60 bits per heavy atom. The number of nitrogens with one attached hydrogen (secondary N) is 1. The summed E-state index contributed by atoms with van der Waals surface area (Å²) in [6.45, 7) is 3.65. The maximum absolute atomic E-state index is 13.3. The molecular formula is C25H25ClFN5O3. The quantitative estimate of drug-likeness (QED) is 0.585. The van der Waals surface area contributed by atoms with Crippen LogP contribution >= 0.6 is 11.6 Å². The van der Waals surface area contributed by atoms with E-state index in [1.165, 1.54) is 23.8 Å². The van der Waals surface area contributed by atoms with Gasteiger partial charge in [-0.2, -0.15) is 0 Å². The number of rotatable bonds is 4. The second-order valence-corrected chi connectivity index (χ2v) is 9.37. The Hall–Kier alpha value is -3.30. The fourth-order valence-electron chi connectivity index (χ4n) is 4.47. The Kier molecular flexibility index (Phi) is 6.53. The summed E-state index contributed by atoms with van der Waals surface area (Å²) in [5, 5.41) is 11.1. The molecule has 1 aromatic heterocycles. The van der Waals surface area contributed by atoms with Gasteiger partial charge in [0.25, 0.3) is 5.91 Å². The molecule has 0 saturated carbocycles. The number of nitrogens with zero attached hydrogens (tertiary/aromatic N) is 4. The van der Waals surface area contributed by atoms with Crippen molar-refractivity contribution >= 4 is 29.1 Å². The first-order chi connectivity index (χ1) is 16.9. The number of carbonyl (C=O) groups is 2. The number of amides is 2. The minimum absolute atomic E-state index is 0.0469. The van der Waals surface area contributed by atoms with Crippen LogP contribution in [0.3, 0.4) is 0 Å². The molecule has 2 aromatic carbocycles. The van der Waals surface area contributed by atoms with Crippen molar-refractivity contribution in [1.29, 1.82) is 0 Å². The number of ether oxygens (including phenoxy) is 1. The van der Waals surface area contributed by atoms with E-state index in [0.717, 1.165) is 5.56 Å². The zero-order chi connectivity index (χ0) is 24.5. The number of halogens is 2. The molecule has 0 bridgehead atoms. The lowest BCUT2D eigenvalue weighted by molar-refractivity contribution is -0.121. The number of hydrogen-bond acceptors (Lipinski definition) is 5. The molecule has 2 amide bonds. The second-order valence-electron chi connectivity index (χ2n) is 8.96. The van der Waals surface area contributed by atoms with Crippen LogP contribution in [0.1, 0.15) is 46.3 Å². The van der Waals surface area contributed by atoms with E-state index < -0.39 is 5.82 Å². The molecule has 8 nitrogen and oxygen atoms in total. The maximum atomic E-state index is 13.3. The van der Waals surface area contributed by atoms with Crippen LogP contribution < -0.4 is 5.32 Å². The fraction of sp³-hybridized carbons (Fsp3) is 0.360. The van der Waals surface area contributed by atoms with E-state index in [9.17, 15) is 14.0 Å². The number of hydrogen-bond donors (Lipinski definition) is 1. The van der Waals surface area contributed by atoms with Crippen LogP contribution in [-0.4, -0.2) is 44.8 Å². The smallest absolute Gasteiger partial charge is 0.276 e. The lowest BCUT2D eigenvalue weighted by Gasteiger charge is -2.31. The largest absolute Gasteiger partial charge is 0.365 e. The molecule has 1 atom stereocenters. The predicted molar refractivity (Wildman–Crippen MR) is 127 cm³/mol. The van der Waals surface area contributed by atoms with Crippen molar-refractivity contribution in [3.63, 3.8) is 0 Å². The first kappa shape index (κ1) is 23.4. The molecule has 0 unspecified atom stereocenters. The lowest BCUT2D eigenvalue weighted by atomic mass is 9.95. The second kappa shape index (κ2) is 9.75. The van der Waals surface area contributed by atoms with E-state index >= 15 is 0 Å². The van der Waals surface area contributed by atoms with Crippen LogP contribution in [0.15, 0.2) is 42.5 Å². The highest BCUT2D eigenvalue weighted by atomic mass is 35.5. The summed E-state index contributed by atoms with van der Waals surface area (Å²) in [4.78, 5) is 27.5. The third kappa shape index (κ3) is 4.92. The summed E-state index contributed by atoms with van der Waals surface area (Å²) >= 11 is 5.79. The molecule has 5 rings (SSSR count). The number of carbonyl (C=O) groups excluding carboxylic acids is 2. The summed E-state index contributed by atoms with van der Waals surface area (Å²) in [6.07, 6.45) is 0.891. The summed E-state index contributed by atoms with van der Waals surface area (Å²) in [5.41, 5.74) is 3.66. The summed E-state index contributed by atoms with van der Waals surface area (Å²) in [7, 11) is 0. The molecule has 0 spiro atoms. The monoisotopic (exact) mass is 497 g/mol. The van der Waals surface area contributed by atoms with E-state index in [1.54, 1.807) is 9.58 Å². The summed E-state index contributed by atoms with van der Waals surface area (Å²) < 4.78 is 21.1. The molecule has 0 aliphatic carbocycles. The maximum Gasteiger partial charge on any atom is 0.276 e. The Morgan fingerprint density at radius 1 is 1.14 bits per heavy atom. The topological polar surface area (TPSA) is 89.4 Å². The predicted octanol–water partition coefficient (Wildman–Crippen LogP) is 4.14. The molecule has 182 valence electrons. The zero-order valence-corrected chi connectivity index (χ0v) is 20.0. The van der Waals surface area contributed by atoms with E-state index in [4.69, 9.17) is 16.3 Å². The molecule has 2 aliphatic rings. The highest BCUT2D eigenvalue weighted by Crippen LogP contribution is 2.28. The average Bonchev–Trinajstić information content (AvgIpc) is 3.29. The van der Waals surface area contributed by atoms with Crippen molar-refractivity contribution in [3.05, 3.63) is 75.8 Å². The Labute approximate surface area is 207 Å². The van der Waals surface area contributed by atoms with Gasteiger partial charge in [0.05, 0.1) is 23.9 Å². The van der Waals surface area contributed by atoms with Crippen molar-refractivity contribution in [3.8, 4) is 0 Å². The molecule has 10 heteroatoms. The molecule has 35 heavy (non-hydrogen) atoms. The molecule has 0 radical (unpaired) electrons. The SMILES string of the molecule is Cc1ccc([C@@H]2Cn3nnc(C(=O)N4CCC(C(=O)Nc5ccc(F)c(Cl)c5)CC4)c3CO2)cc1. The molecule has 3 heterocycles. The number of fused-ring (bicyclic) bond motifs is 1. The van der Waals surface area contributed by atoms with Gasteiger partial charge in [-0.05, 0) is 43.5 Å². The summed E-state index contributed by atoms with van der Waals surface area (Å²) in [5.74, 6) is -1.16. The van der Waals surface area contributed by atoms with E-state index in [2.05, 4.69) is 15.6 Å². The van der Waals surface area contributed by atoms with Crippen LogP contribution in [0.2, 0.25) is 5.02 Å². The van der Waals surface area contributed by atoms with Gasteiger partial charge in [-0.1, -0.05) is 46.6 Å². The highest BCUT2D eigenvalue weighted by Gasteiger charge is 2.33. The minimum atomic E-state index is -0.538. The number of aryl methyl sites for hydroxylation is 1. The van der Waals surface area contributed by atoms with Gasteiger partial charge in [0.2, 0.25) is 5.91 Å². The van der Waals surface area contributed by atoms with Gasteiger partial charge in [-0.3, -0.25) is 9.59 Å². The van der Waals surface area contributed by atoms with E-state index in [-0.39, 0.29) is 35.5 Å². The average molecular weight is 498 g/mol. The van der Waals surface area contributed by atoms with Gasteiger partial charge in [0.1, 0.15) is 11.9 Å². The van der Waals surface area contributed by atoms with Crippen LogP contribution in [0.5, 0.6) is 0 Å². The van der Waals surface area contributed by atoms with Crippen LogP contribution in [0, 0.1) is 18.7 Å². The van der Waals surface area contributed by atoms with Gasteiger partial charge in [-0.25, -0.2) is 9.07 Å². The molecule has 1 fully saturated rings. The fourth-order valence-corrected chi connectivity index (χ4v) is 4.65. The summed E-state index contributed by atoms with van der Waals surface area (Å²) in [6, 6.07) is 12.2. The zero-order valence-electron chi connectivity index (χ0n) is 19.2. The minimum Gasteiger partial charge on any atom is -0.365 e.